The Morgan fingerprint density at radius 3 is 2.30 bits per heavy atom. The standard InChI is InChI=1S/C18H30N2O2.ClH/c1-5-11-18(4,19)16(22)20-12-15(17(2,3)13-21)14-9-7-6-8-10-14;/h6-10,15,21H,5,11-13,19H2,1-4H3,(H,20,22);1H. The normalized spacial score (nSPS) is 15.2. The first kappa shape index (κ1) is 21.9. The summed E-state index contributed by atoms with van der Waals surface area (Å²) in [6.45, 7) is 8.31. The number of benzene rings is 1. The summed E-state index contributed by atoms with van der Waals surface area (Å²) in [5.41, 5.74) is 6.01. The second-order valence-electron chi connectivity index (χ2n) is 6.99. The molecule has 2 atom stereocenters. The zero-order chi connectivity index (χ0) is 16.8. The molecular weight excluding hydrogens is 312 g/mol. The van der Waals surface area contributed by atoms with E-state index in [1.54, 1.807) is 6.92 Å². The molecule has 1 amide bonds. The highest BCUT2D eigenvalue weighted by Crippen LogP contribution is 2.34. The van der Waals surface area contributed by atoms with Gasteiger partial charge in [-0.25, -0.2) is 0 Å². The third-order valence-electron chi connectivity index (χ3n) is 4.31. The van der Waals surface area contributed by atoms with Crippen LogP contribution in [-0.2, 0) is 4.79 Å². The van der Waals surface area contributed by atoms with Crippen molar-refractivity contribution in [2.75, 3.05) is 13.2 Å². The van der Waals surface area contributed by atoms with E-state index in [1.165, 1.54) is 0 Å². The van der Waals surface area contributed by atoms with Crippen LogP contribution in [0.2, 0.25) is 0 Å². The van der Waals surface area contributed by atoms with E-state index in [4.69, 9.17) is 5.73 Å². The van der Waals surface area contributed by atoms with Crippen molar-refractivity contribution in [1.82, 2.24) is 5.32 Å². The van der Waals surface area contributed by atoms with Crippen molar-refractivity contribution in [3.05, 3.63) is 35.9 Å². The van der Waals surface area contributed by atoms with Crippen LogP contribution in [0, 0.1) is 5.41 Å². The quantitative estimate of drug-likeness (QED) is 0.680. The van der Waals surface area contributed by atoms with E-state index in [-0.39, 0.29) is 36.3 Å². The topological polar surface area (TPSA) is 75.4 Å². The fourth-order valence-electron chi connectivity index (χ4n) is 2.67. The van der Waals surface area contributed by atoms with Gasteiger partial charge in [0.1, 0.15) is 0 Å². The van der Waals surface area contributed by atoms with Crippen LogP contribution in [0.5, 0.6) is 0 Å². The van der Waals surface area contributed by atoms with Gasteiger partial charge in [-0.15, -0.1) is 12.4 Å². The first-order valence-corrected chi connectivity index (χ1v) is 7.97. The van der Waals surface area contributed by atoms with Crippen LogP contribution in [-0.4, -0.2) is 29.7 Å². The fraction of sp³-hybridized carbons (Fsp3) is 0.611. The van der Waals surface area contributed by atoms with Crippen LogP contribution in [0.15, 0.2) is 30.3 Å². The molecule has 1 rings (SSSR count). The molecule has 0 radical (unpaired) electrons. The molecule has 0 aliphatic rings. The molecule has 23 heavy (non-hydrogen) atoms. The highest BCUT2D eigenvalue weighted by molar-refractivity contribution is 5.85. The Morgan fingerprint density at radius 2 is 1.83 bits per heavy atom. The van der Waals surface area contributed by atoms with Gasteiger partial charge in [0.2, 0.25) is 5.91 Å². The zero-order valence-corrected chi connectivity index (χ0v) is 15.5. The molecule has 0 saturated carbocycles. The summed E-state index contributed by atoms with van der Waals surface area (Å²) in [7, 11) is 0. The molecule has 132 valence electrons. The van der Waals surface area contributed by atoms with Crippen LogP contribution in [0.1, 0.15) is 52.0 Å². The van der Waals surface area contributed by atoms with Crippen molar-refractivity contribution >= 4 is 18.3 Å². The van der Waals surface area contributed by atoms with Crippen molar-refractivity contribution in [1.29, 1.82) is 0 Å². The van der Waals surface area contributed by atoms with E-state index in [2.05, 4.69) is 5.32 Å². The first-order valence-electron chi connectivity index (χ1n) is 7.97. The molecule has 5 heteroatoms. The van der Waals surface area contributed by atoms with Gasteiger partial charge in [-0.2, -0.15) is 0 Å². The maximum absolute atomic E-state index is 12.3. The lowest BCUT2D eigenvalue weighted by molar-refractivity contribution is -0.126. The van der Waals surface area contributed by atoms with Crippen LogP contribution < -0.4 is 11.1 Å². The molecule has 4 nitrogen and oxygen atoms in total. The van der Waals surface area contributed by atoms with Crippen molar-refractivity contribution in [3.63, 3.8) is 0 Å². The lowest BCUT2D eigenvalue weighted by Gasteiger charge is -2.34. The minimum Gasteiger partial charge on any atom is -0.396 e. The zero-order valence-electron chi connectivity index (χ0n) is 14.6. The Hall–Kier alpha value is -1.10. The number of carbonyl (C=O) groups excluding carboxylic acids is 1. The molecule has 4 N–H and O–H groups in total. The summed E-state index contributed by atoms with van der Waals surface area (Å²) >= 11 is 0. The molecule has 0 bridgehead atoms. The van der Waals surface area contributed by atoms with Gasteiger partial charge in [0.25, 0.3) is 0 Å². The van der Waals surface area contributed by atoms with Crippen LogP contribution in [0.25, 0.3) is 0 Å². The summed E-state index contributed by atoms with van der Waals surface area (Å²) in [5.74, 6) is -0.107. The number of halogens is 1. The Kier molecular flexibility index (Phi) is 8.82. The van der Waals surface area contributed by atoms with Crippen LogP contribution >= 0.6 is 12.4 Å². The molecule has 0 fully saturated rings. The van der Waals surface area contributed by atoms with Crippen molar-refractivity contribution in [3.8, 4) is 0 Å². The lowest BCUT2D eigenvalue weighted by atomic mass is 9.75. The van der Waals surface area contributed by atoms with E-state index >= 15 is 0 Å². The third kappa shape index (κ3) is 6.13. The summed E-state index contributed by atoms with van der Waals surface area (Å²) in [6, 6.07) is 9.97. The van der Waals surface area contributed by atoms with E-state index in [1.807, 2.05) is 51.1 Å². The summed E-state index contributed by atoms with van der Waals surface area (Å²) in [6.07, 6.45) is 1.52. The van der Waals surface area contributed by atoms with E-state index in [0.29, 0.717) is 13.0 Å². The number of amides is 1. The van der Waals surface area contributed by atoms with Gasteiger partial charge in [-0.05, 0) is 24.3 Å². The van der Waals surface area contributed by atoms with Crippen LogP contribution in [0.4, 0.5) is 0 Å². The summed E-state index contributed by atoms with van der Waals surface area (Å²) in [5, 5.41) is 12.7. The van der Waals surface area contributed by atoms with Crippen molar-refractivity contribution < 1.29 is 9.90 Å². The fourth-order valence-corrected chi connectivity index (χ4v) is 2.67. The average molecular weight is 343 g/mol. The van der Waals surface area contributed by atoms with Gasteiger partial charge in [-0.1, -0.05) is 57.5 Å². The minimum atomic E-state index is -0.848. The smallest absolute Gasteiger partial charge is 0.239 e. The van der Waals surface area contributed by atoms with Gasteiger partial charge in [0, 0.05) is 19.1 Å². The second kappa shape index (κ2) is 9.26. The molecule has 0 aromatic heterocycles. The Balaban J connectivity index is 0.00000484. The number of nitrogens with two attached hydrogens (primary N) is 1. The molecule has 0 spiro atoms. The predicted octanol–water partition coefficient (Wildman–Crippen LogP) is 2.84. The third-order valence-corrected chi connectivity index (χ3v) is 4.31. The number of hydrogen-bond acceptors (Lipinski definition) is 3. The molecule has 1 aromatic rings. The maximum atomic E-state index is 12.3. The summed E-state index contributed by atoms with van der Waals surface area (Å²) in [4.78, 5) is 12.3. The number of hydrogen-bond donors (Lipinski definition) is 3. The van der Waals surface area contributed by atoms with Gasteiger partial charge >= 0.3 is 0 Å². The Labute approximate surface area is 146 Å². The van der Waals surface area contributed by atoms with Gasteiger partial charge in [0.15, 0.2) is 0 Å². The van der Waals surface area contributed by atoms with Gasteiger partial charge in [-0.3, -0.25) is 4.79 Å². The average Bonchev–Trinajstić information content (AvgIpc) is 2.48. The van der Waals surface area contributed by atoms with E-state index in [9.17, 15) is 9.90 Å². The van der Waals surface area contributed by atoms with Crippen LogP contribution in [0.3, 0.4) is 0 Å². The monoisotopic (exact) mass is 342 g/mol. The predicted molar refractivity (Wildman–Crippen MR) is 97.8 cm³/mol. The lowest BCUT2D eigenvalue weighted by Crippen LogP contribution is -2.53. The Morgan fingerprint density at radius 1 is 1.26 bits per heavy atom. The minimum absolute atomic E-state index is 0. The second-order valence-corrected chi connectivity index (χ2v) is 6.99. The van der Waals surface area contributed by atoms with E-state index in [0.717, 1.165) is 12.0 Å². The molecular formula is C18H31ClN2O2. The van der Waals surface area contributed by atoms with Crippen molar-refractivity contribution in [2.45, 2.75) is 52.0 Å². The summed E-state index contributed by atoms with van der Waals surface area (Å²) < 4.78 is 0. The highest BCUT2D eigenvalue weighted by Gasteiger charge is 2.33. The number of rotatable bonds is 8. The largest absolute Gasteiger partial charge is 0.396 e. The number of carbonyl (C=O) groups is 1. The molecule has 0 aliphatic heterocycles. The molecule has 2 unspecified atom stereocenters. The highest BCUT2D eigenvalue weighted by atomic mass is 35.5. The molecule has 0 aliphatic carbocycles. The van der Waals surface area contributed by atoms with Crippen molar-refractivity contribution in [2.24, 2.45) is 11.1 Å². The van der Waals surface area contributed by atoms with Gasteiger partial charge < -0.3 is 16.2 Å². The SMILES string of the molecule is CCCC(C)(N)C(=O)NCC(c1ccccc1)C(C)(C)CO.Cl. The molecule has 1 aromatic carbocycles. The first-order chi connectivity index (χ1) is 10.2. The van der Waals surface area contributed by atoms with Gasteiger partial charge in [0.05, 0.1) is 5.54 Å². The molecule has 0 heterocycles. The number of nitrogens with one attached hydrogen (secondary N) is 1. The Bertz CT molecular complexity index is 475. The molecule has 0 saturated heterocycles. The maximum Gasteiger partial charge on any atom is 0.239 e. The number of aliphatic hydroxyl groups is 1. The van der Waals surface area contributed by atoms with E-state index < -0.39 is 5.54 Å². The number of aliphatic hydroxyl groups excluding tert-OH is 1.